The number of anilines is 1. The Bertz CT molecular complexity index is 514. The van der Waals surface area contributed by atoms with Crippen molar-refractivity contribution in [2.75, 3.05) is 37.6 Å². The highest BCUT2D eigenvalue weighted by Crippen LogP contribution is 2.25. The quantitative estimate of drug-likeness (QED) is 0.621. The summed E-state index contributed by atoms with van der Waals surface area (Å²) in [4.78, 5) is 30.2. The average molecular weight is 293 g/mol. The minimum Gasteiger partial charge on any atom is -0.347 e. The fourth-order valence-electron chi connectivity index (χ4n) is 2.35. The molecule has 0 spiro atoms. The molecule has 1 aliphatic rings. The third-order valence-corrected chi connectivity index (χ3v) is 3.49. The van der Waals surface area contributed by atoms with Gasteiger partial charge in [-0.15, -0.1) is 0 Å². The van der Waals surface area contributed by atoms with Crippen molar-refractivity contribution in [1.29, 1.82) is 0 Å². The van der Waals surface area contributed by atoms with E-state index in [1.165, 1.54) is 6.07 Å². The second-order valence-electron chi connectivity index (χ2n) is 4.86. The summed E-state index contributed by atoms with van der Waals surface area (Å²) in [6.07, 6.45) is 2.69. The third kappa shape index (κ3) is 3.66. The zero-order chi connectivity index (χ0) is 15.2. The summed E-state index contributed by atoms with van der Waals surface area (Å²) in [6, 6.07) is 3.00. The molecule has 2 N–H and O–H groups in total. The highest BCUT2D eigenvalue weighted by molar-refractivity contribution is 5.76. The summed E-state index contributed by atoms with van der Waals surface area (Å²) < 4.78 is 0. The zero-order valence-corrected chi connectivity index (χ0v) is 11.8. The number of pyridine rings is 1. The number of carbonyl (C=O) groups is 1. The van der Waals surface area contributed by atoms with Gasteiger partial charge in [-0.3, -0.25) is 14.9 Å². The van der Waals surface area contributed by atoms with Crippen molar-refractivity contribution in [1.82, 2.24) is 9.88 Å². The number of nitrogens with two attached hydrogens (primary N) is 1. The number of hydrogen-bond donors (Lipinski definition) is 1. The lowest BCUT2D eigenvalue weighted by molar-refractivity contribution is -0.384. The summed E-state index contributed by atoms with van der Waals surface area (Å²) in [7, 11) is 0. The maximum absolute atomic E-state index is 11.9. The van der Waals surface area contributed by atoms with Gasteiger partial charge in [0.2, 0.25) is 11.7 Å². The number of aromatic nitrogens is 1. The van der Waals surface area contributed by atoms with Crippen LogP contribution in [-0.4, -0.2) is 53.4 Å². The molecule has 8 nitrogen and oxygen atoms in total. The van der Waals surface area contributed by atoms with E-state index in [0.717, 1.165) is 0 Å². The summed E-state index contributed by atoms with van der Waals surface area (Å²) >= 11 is 0. The van der Waals surface area contributed by atoms with Crippen molar-refractivity contribution in [2.45, 2.75) is 12.8 Å². The minimum absolute atomic E-state index is 0.000378. The standard InChI is InChI=1S/C13H19N5O3/c14-5-1-4-12(19)16-7-9-17(10-8-16)13-11(18(20)21)3-2-6-15-13/h2-3,6H,1,4-5,7-10,14H2. The van der Waals surface area contributed by atoms with Crippen LogP contribution < -0.4 is 10.6 Å². The molecule has 1 fully saturated rings. The fourth-order valence-corrected chi connectivity index (χ4v) is 2.35. The van der Waals surface area contributed by atoms with Gasteiger partial charge in [-0.1, -0.05) is 0 Å². The summed E-state index contributed by atoms with van der Waals surface area (Å²) in [5.74, 6) is 0.465. The van der Waals surface area contributed by atoms with Crippen molar-refractivity contribution in [3.8, 4) is 0 Å². The van der Waals surface area contributed by atoms with E-state index in [2.05, 4.69) is 4.98 Å². The molecule has 0 saturated carbocycles. The molecule has 1 aromatic rings. The molecule has 0 unspecified atom stereocenters. The molecule has 0 atom stereocenters. The van der Waals surface area contributed by atoms with Crippen LogP contribution in [-0.2, 0) is 4.79 Å². The first kappa shape index (κ1) is 15.2. The van der Waals surface area contributed by atoms with Crippen molar-refractivity contribution >= 4 is 17.4 Å². The van der Waals surface area contributed by atoms with Gasteiger partial charge in [-0.25, -0.2) is 4.98 Å². The van der Waals surface area contributed by atoms with Crippen LogP contribution in [0.1, 0.15) is 12.8 Å². The fraction of sp³-hybridized carbons (Fsp3) is 0.538. The van der Waals surface area contributed by atoms with Crippen LogP contribution in [0.4, 0.5) is 11.5 Å². The number of amides is 1. The lowest BCUT2D eigenvalue weighted by Crippen LogP contribution is -2.49. The molecular formula is C13H19N5O3. The van der Waals surface area contributed by atoms with Gasteiger partial charge in [-0.05, 0) is 19.0 Å². The SMILES string of the molecule is NCCCC(=O)N1CCN(c2ncccc2[N+](=O)[O-])CC1. The lowest BCUT2D eigenvalue weighted by atomic mass is 10.2. The van der Waals surface area contributed by atoms with Crippen molar-refractivity contribution in [3.05, 3.63) is 28.4 Å². The molecule has 0 radical (unpaired) electrons. The third-order valence-electron chi connectivity index (χ3n) is 3.49. The predicted molar refractivity (Wildman–Crippen MR) is 78.0 cm³/mol. The Balaban J connectivity index is 1.98. The van der Waals surface area contributed by atoms with Crippen molar-refractivity contribution < 1.29 is 9.72 Å². The lowest BCUT2D eigenvalue weighted by Gasteiger charge is -2.35. The second kappa shape index (κ2) is 6.98. The van der Waals surface area contributed by atoms with E-state index >= 15 is 0 Å². The maximum atomic E-state index is 11.9. The number of nitrogens with zero attached hydrogens (tertiary/aromatic N) is 4. The zero-order valence-electron chi connectivity index (χ0n) is 11.8. The summed E-state index contributed by atoms with van der Waals surface area (Å²) in [6.45, 7) is 2.71. The van der Waals surface area contributed by atoms with Gasteiger partial charge in [0.1, 0.15) is 0 Å². The van der Waals surface area contributed by atoms with Gasteiger partial charge in [0.05, 0.1) is 4.92 Å². The Kier molecular flexibility index (Phi) is 5.04. The molecular weight excluding hydrogens is 274 g/mol. The van der Waals surface area contributed by atoms with Crippen LogP contribution in [0.3, 0.4) is 0 Å². The van der Waals surface area contributed by atoms with Crippen LogP contribution in [0.2, 0.25) is 0 Å². The maximum Gasteiger partial charge on any atom is 0.311 e. The van der Waals surface area contributed by atoms with E-state index in [4.69, 9.17) is 5.73 Å². The van der Waals surface area contributed by atoms with E-state index < -0.39 is 4.92 Å². The highest BCUT2D eigenvalue weighted by Gasteiger charge is 2.26. The molecule has 0 aromatic carbocycles. The summed E-state index contributed by atoms with van der Waals surface area (Å²) in [5.41, 5.74) is 5.40. The smallest absolute Gasteiger partial charge is 0.311 e. The van der Waals surface area contributed by atoms with Gasteiger partial charge in [-0.2, -0.15) is 0 Å². The molecule has 21 heavy (non-hydrogen) atoms. The summed E-state index contributed by atoms with van der Waals surface area (Å²) in [5, 5.41) is 11.0. The van der Waals surface area contributed by atoms with Crippen LogP contribution in [0.15, 0.2) is 18.3 Å². The molecule has 1 aromatic heterocycles. The number of nitro groups is 1. The first-order valence-corrected chi connectivity index (χ1v) is 6.95. The van der Waals surface area contributed by atoms with Gasteiger partial charge in [0.15, 0.2) is 0 Å². The Morgan fingerprint density at radius 2 is 2.10 bits per heavy atom. The van der Waals surface area contributed by atoms with E-state index in [1.807, 2.05) is 4.90 Å². The molecule has 0 bridgehead atoms. The van der Waals surface area contributed by atoms with Gasteiger partial charge in [0, 0.05) is 44.9 Å². The number of piperazine rings is 1. The molecule has 1 saturated heterocycles. The average Bonchev–Trinajstić information content (AvgIpc) is 2.52. The first-order chi connectivity index (χ1) is 10.1. The van der Waals surface area contributed by atoms with Crippen LogP contribution in [0, 0.1) is 10.1 Å². The predicted octanol–water partition coefficient (Wildman–Crippen LogP) is 0.377. The largest absolute Gasteiger partial charge is 0.347 e. The topological polar surface area (TPSA) is 106 Å². The highest BCUT2D eigenvalue weighted by atomic mass is 16.6. The second-order valence-corrected chi connectivity index (χ2v) is 4.86. The molecule has 114 valence electrons. The molecule has 2 rings (SSSR count). The molecule has 1 aliphatic heterocycles. The van der Waals surface area contributed by atoms with Crippen LogP contribution >= 0.6 is 0 Å². The first-order valence-electron chi connectivity index (χ1n) is 6.95. The molecule has 8 heteroatoms. The Morgan fingerprint density at radius 1 is 1.38 bits per heavy atom. The van der Waals surface area contributed by atoms with Crippen LogP contribution in [0.5, 0.6) is 0 Å². The van der Waals surface area contributed by atoms with Gasteiger partial charge in [0.25, 0.3) is 0 Å². The molecule has 2 heterocycles. The number of rotatable bonds is 5. The Hall–Kier alpha value is -2.22. The van der Waals surface area contributed by atoms with Gasteiger partial charge >= 0.3 is 5.69 Å². The Morgan fingerprint density at radius 3 is 2.71 bits per heavy atom. The van der Waals surface area contributed by atoms with E-state index in [1.54, 1.807) is 17.2 Å². The Labute approximate surface area is 122 Å². The monoisotopic (exact) mass is 293 g/mol. The molecule has 0 aliphatic carbocycles. The van der Waals surface area contributed by atoms with Crippen LogP contribution in [0.25, 0.3) is 0 Å². The minimum atomic E-state index is -0.429. The van der Waals surface area contributed by atoms with E-state index in [0.29, 0.717) is 51.4 Å². The van der Waals surface area contributed by atoms with Crippen molar-refractivity contribution in [3.63, 3.8) is 0 Å². The number of hydrogen-bond acceptors (Lipinski definition) is 6. The van der Waals surface area contributed by atoms with E-state index in [-0.39, 0.29) is 11.6 Å². The van der Waals surface area contributed by atoms with Gasteiger partial charge < -0.3 is 15.5 Å². The van der Waals surface area contributed by atoms with E-state index in [9.17, 15) is 14.9 Å². The molecule has 1 amide bonds. The van der Waals surface area contributed by atoms with Crippen molar-refractivity contribution in [2.24, 2.45) is 5.73 Å². The normalized spacial score (nSPS) is 15.1. The number of carbonyl (C=O) groups excluding carboxylic acids is 1.